The summed E-state index contributed by atoms with van der Waals surface area (Å²) in [5, 5.41) is 21.4. The van der Waals surface area contributed by atoms with Gasteiger partial charge in [0.05, 0.1) is 10.5 Å². The van der Waals surface area contributed by atoms with Gasteiger partial charge in [0, 0.05) is 11.6 Å². The van der Waals surface area contributed by atoms with Crippen molar-refractivity contribution in [2.24, 2.45) is 0 Å². The Morgan fingerprint density at radius 3 is 2.58 bits per heavy atom. The van der Waals surface area contributed by atoms with Crippen LogP contribution in [0.25, 0.3) is 16.8 Å². The average molecular weight is 257 g/mol. The van der Waals surface area contributed by atoms with Gasteiger partial charge in [-0.2, -0.15) is 0 Å². The molecule has 0 fully saturated rings. The zero-order valence-corrected chi connectivity index (χ0v) is 10.2. The molecule has 0 unspecified atom stereocenters. The minimum absolute atomic E-state index is 0.0550. The van der Waals surface area contributed by atoms with Crippen molar-refractivity contribution in [1.82, 2.24) is 0 Å². The van der Waals surface area contributed by atoms with E-state index in [1.807, 2.05) is 12.1 Å². The molecule has 1 N–H and O–H groups in total. The first-order valence-corrected chi connectivity index (χ1v) is 5.58. The molecule has 2 aromatic carbocycles. The number of rotatable bonds is 3. The van der Waals surface area contributed by atoms with Gasteiger partial charge in [0.1, 0.15) is 0 Å². The molecule has 2 rings (SSSR count). The number of nitro benzene ring substituents is 1. The Morgan fingerprint density at radius 2 is 1.95 bits per heavy atom. The molecule has 0 spiro atoms. The minimum atomic E-state index is -1.10. The second-order valence-electron chi connectivity index (χ2n) is 4.11. The predicted molar refractivity (Wildman–Crippen MR) is 71.9 cm³/mol. The van der Waals surface area contributed by atoms with Crippen molar-refractivity contribution in [2.75, 3.05) is 0 Å². The van der Waals surface area contributed by atoms with Gasteiger partial charge in [0.2, 0.25) is 0 Å². The summed E-state index contributed by atoms with van der Waals surface area (Å²) in [5.41, 5.74) is 0.279. The van der Waals surface area contributed by atoms with Crippen molar-refractivity contribution < 1.29 is 14.8 Å². The first-order chi connectivity index (χ1) is 9.00. The molecular weight excluding hydrogens is 246 g/mol. The first-order valence-electron chi connectivity index (χ1n) is 5.58. The molecule has 5 nitrogen and oxygen atoms in total. The summed E-state index contributed by atoms with van der Waals surface area (Å²) in [5.74, 6) is -1.10. The van der Waals surface area contributed by atoms with E-state index in [9.17, 15) is 14.9 Å². The van der Waals surface area contributed by atoms with Gasteiger partial charge < -0.3 is 5.11 Å². The second-order valence-corrected chi connectivity index (χ2v) is 4.11. The van der Waals surface area contributed by atoms with Crippen molar-refractivity contribution in [2.45, 2.75) is 6.92 Å². The summed E-state index contributed by atoms with van der Waals surface area (Å²) < 4.78 is 0. The van der Waals surface area contributed by atoms with Gasteiger partial charge in [-0.15, -0.1) is 0 Å². The normalized spacial score (nSPS) is 11.5. The van der Waals surface area contributed by atoms with Crippen molar-refractivity contribution in [1.29, 1.82) is 0 Å². The standard InChI is InChI=1S/C14H11NO4/c1-9(14(16)17)8-12-11-5-3-2-4-10(11)6-7-13(12)15(18)19/h2-8H,1H3,(H,16,17). The van der Waals surface area contributed by atoms with E-state index in [0.29, 0.717) is 10.9 Å². The number of fused-ring (bicyclic) bond motifs is 1. The zero-order chi connectivity index (χ0) is 14.0. The third-order valence-electron chi connectivity index (χ3n) is 2.84. The van der Waals surface area contributed by atoms with Gasteiger partial charge in [0.15, 0.2) is 0 Å². The van der Waals surface area contributed by atoms with Gasteiger partial charge in [0.25, 0.3) is 5.69 Å². The van der Waals surface area contributed by atoms with Gasteiger partial charge in [-0.25, -0.2) is 4.79 Å². The number of carbonyl (C=O) groups is 1. The lowest BCUT2D eigenvalue weighted by Gasteiger charge is -2.04. The fourth-order valence-corrected chi connectivity index (χ4v) is 1.87. The van der Waals surface area contributed by atoms with Crippen LogP contribution in [0, 0.1) is 10.1 Å². The largest absolute Gasteiger partial charge is 0.478 e. The molecule has 0 aliphatic carbocycles. The SMILES string of the molecule is CC(=Cc1c([N+](=O)[O-])ccc2ccccc12)C(=O)O. The highest BCUT2D eigenvalue weighted by Gasteiger charge is 2.16. The molecule has 96 valence electrons. The zero-order valence-electron chi connectivity index (χ0n) is 10.2. The van der Waals surface area contributed by atoms with Crippen LogP contribution in [0.3, 0.4) is 0 Å². The monoisotopic (exact) mass is 257 g/mol. The van der Waals surface area contributed by atoms with Crippen molar-refractivity contribution in [3.63, 3.8) is 0 Å². The maximum atomic E-state index is 11.0. The average Bonchev–Trinajstić information content (AvgIpc) is 2.38. The molecule has 0 aliphatic heterocycles. The fourth-order valence-electron chi connectivity index (χ4n) is 1.87. The molecule has 19 heavy (non-hydrogen) atoms. The summed E-state index contributed by atoms with van der Waals surface area (Å²) in [7, 11) is 0. The highest BCUT2D eigenvalue weighted by molar-refractivity contribution is 5.99. The van der Waals surface area contributed by atoms with E-state index in [0.717, 1.165) is 5.39 Å². The molecule has 0 bridgehead atoms. The van der Waals surface area contributed by atoms with Gasteiger partial charge >= 0.3 is 5.97 Å². The maximum absolute atomic E-state index is 11.0. The molecule has 0 radical (unpaired) electrons. The van der Waals surface area contributed by atoms with Crippen LogP contribution in [-0.4, -0.2) is 16.0 Å². The van der Waals surface area contributed by atoms with E-state index >= 15 is 0 Å². The first kappa shape index (κ1) is 12.8. The van der Waals surface area contributed by atoms with E-state index in [1.54, 1.807) is 18.2 Å². The third kappa shape index (κ3) is 2.44. The van der Waals surface area contributed by atoms with E-state index in [-0.39, 0.29) is 11.3 Å². The molecule has 0 saturated heterocycles. The number of nitro groups is 1. The van der Waals surface area contributed by atoms with Crippen LogP contribution in [-0.2, 0) is 4.79 Å². The lowest BCUT2D eigenvalue weighted by molar-refractivity contribution is -0.384. The summed E-state index contributed by atoms with van der Waals surface area (Å²) >= 11 is 0. The number of carboxylic acid groups (broad SMARTS) is 1. The molecule has 0 heterocycles. The maximum Gasteiger partial charge on any atom is 0.331 e. The Morgan fingerprint density at radius 1 is 1.26 bits per heavy atom. The topological polar surface area (TPSA) is 80.4 Å². The summed E-state index contributed by atoms with van der Waals surface area (Å²) in [6.07, 6.45) is 1.34. The Balaban J connectivity index is 2.80. The van der Waals surface area contributed by atoms with Crippen LogP contribution in [0.5, 0.6) is 0 Å². The van der Waals surface area contributed by atoms with E-state index in [2.05, 4.69) is 0 Å². The summed E-state index contributed by atoms with van der Waals surface area (Å²) in [4.78, 5) is 21.4. The smallest absolute Gasteiger partial charge is 0.331 e. The summed E-state index contributed by atoms with van der Waals surface area (Å²) in [6.45, 7) is 1.41. The molecular formula is C14H11NO4. The van der Waals surface area contributed by atoms with Crippen molar-refractivity contribution >= 4 is 28.5 Å². The number of carboxylic acids is 1. The molecule has 0 aliphatic rings. The Hall–Kier alpha value is -2.69. The predicted octanol–water partition coefficient (Wildman–Crippen LogP) is 3.24. The van der Waals surface area contributed by atoms with Crippen LogP contribution in [0.15, 0.2) is 42.0 Å². The minimum Gasteiger partial charge on any atom is -0.478 e. The van der Waals surface area contributed by atoms with Gasteiger partial charge in [-0.1, -0.05) is 24.3 Å². The van der Waals surface area contributed by atoms with Gasteiger partial charge in [-0.3, -0.25) is 10.1 Å². The number of benzene rings is 2. The van der Waals surface area contributed by atoms with Crippen LogP contribution in [0.2, 0.25) is 0 Å². The molecule has 0 atom stereocenters. The quantitative estimate of drug-likeness (QED) is 0.520. The van der Waals surface area contributed by atoms with E-state index in [1.165, 1.54) is 19.1 Å². The van der Waals surface area contributed by atoms with Crippen LogP contribution < -0.4 is 0 Å². The van der Waals surface area contributed by atoms with Crippen LogP contribution in [0.1, 0.15) is 12.5 Å². The van der Waals surface area contributed by atoms with E-state index < -0.39 is 10.9 Å². The molecule has 0 aromatic heterocycles. The Kier molecular flexibility index (Phi) is 3.29. The second kappa shape index (κ2) is 4.89. The lowest BCUT2D eigenvalue weighted by atomic mass is 10.0. The fraction of sp³-hybridized carbons (Fsp3) is 0.0714. The third-order valence-corrected chi connectivity index (χ3v) is 2.84. The summed E-state index contributed by atoms with van der Waals surface area (Å²) in [6, 6.07) is 10.2. The Bertz CT molecular complexity index is 704. The molecule has 2 aromatic rings. The van der Waals surface area contributed by atoms with E-state index in [4.69, 9.17) is 5.11 Å². The molecule has 0 amide bonds. The van der Waals surface area contributed by atoms with Crippen LogP contribution in [0.4, 0.5) is 5.69 Å². The van der Waals surface area contributed by atoms with Crippen LogP contribution >= 0.6 is 0 Å². The number of aliphatic carboxylic acids is 1. The Labute approximate surface area is 108 Å². The molecule has 5 heteroatoms. The lowest BCUT2D eigenvalue weighted by Crippen LogP contribution is -1.98. The highest BCUT2D eigenvalue weighted by atomic mass is 16.6. The molecule has 0 saturated carbocycles. The van der Waals surface area contributed by atoms with Gasteiger partial charge in [-0.05, 0) is 29.8 Å². The van der Waals surface area contributed by atoms with Crippen molar-refractivity contribution in [3.8, 4) is 0 Å². The highest BCUT2D eigenvalue weighted by Crippen LogP contribution is 2.29. The number of hydrogen-bond acceptors (Lipinski definition) is 3. The number of hydrogen-bond donors (Lipinski definition) is 1. The number of nitrogens with zero attached hydrogens (tertiary/aromatic N) is 1. The van der Waals surface area contributed by atoms with Crippen molar-refractivity contribution in [3.05, 3.63) is 57.6 Å².